The summed E-state index contributed by atoms with van der Waals surface area (Å²) in [5.41, 5.74) is 0.467. The Morgan fingerprint density at radius 1 is 1.11 bits per heavy atom. The van der Waals surface area contributed by atoms with Crippen molar-refractivity contribution >= 4 is 23.2 Å². The Bertz CT molecular complexity index is 1390. The molecule has 0 bridgehead atoms. The highest BCUT2D eigenvalue weighted by molar-refractivity contribution is 6.34. The van der Waals surface area contributed by atoms with Crippen molar-refractivity contribution in [3.8, 4) is 16.9 Å². The van der Waals surface area contributed by atoms with E-state index >= 15 is 0 Å². The molecular weight excluding hydrogens is 524 g/mol. The van der Waals surface area contributed by atoms with Gasteiger partial charge in [0.15, 0.2) is 23.3 Å². The van der Waals surface area contributed by atoms with Crippen LogP contribution >= 0.6 is 23.2 Å². The maximum Gasteiger partial charge on any atom is 0.194 e. The predicted molar refractivity (Wildman–Crippen MR) is 121 cm³/mol. The molecule has 1 aliphatic rings. The summed E-state index contributed by atoms with van der Waals surface area (Å²) in [5.74, 6) is -4.00. The Kier molecular flexibility index (Phi) is 6.70. The van der Waals surface area contributed by atoms with Crippen LogP contribution in [0.4, 0.5) is 13.2 Å². The molecule has 0 spiro atoms. The number of aromatic nitrogens is 6. The first-order valence-corrected chi connectivity index (χ1v) is 11.4. The average molecular weight is 541 g/mol. The largest absolute Gasteiger partial charge is 0.394 e. The number of ether oxygens (including phenoxy) is 1. The SMILES string of the molecule is OC[C@H]1O[C@@H](c2ncnn2-c2cc(Cl)ccc2Cl)C[C@@H](n2cc(-c3cc(F)c(F)c(F)c3)nn2)[C@H]1O. The molecule has 1 aliphatic heterocycles. The number of hydrogen-bond donors (Lipinski definition) is 2. The third-order valence-corrected chi connectivity index (χ3v) is 6.43. The quantitative estimate of drug-likeness (QED) is 0.371. The van der Waals surface area contributed by atoms with Gasteiger partial charge in [0.1, 0.15) is 30.3 Å². The Hall–Kier alpha value is -3.03. The summed E-state index contributed by atoms with van der Waals surface area (Å²) in [6.07, 6.45) is -0.245. The van der Waals surface area contributed by atoms with E-state index < -0.39 is 48.4 Å². The Balaban J connectivity index is 1.48. The maximum atomic E-state index is 13.7. The zero-order valence-corrected chi connectivity index (χ0v) is 19.7. The second-order valence-electron chi connectivity index (χ2n) is 8.10. The standard InChI is InChI=1S/C22H17Cl2F3N6O3/c23-11-1-2-12(24)16(5-11)33-22(28-9-29-33)18-6-17(21(35)19(8-34)36-18)32-7-15(30-31-32)10-3-13(25)20(27)14(26)4-10/h1-5,7,9,17-19,21,34-35H,6,8H2/t17-,18-,19-,21-/m1/s1. The number of hydrogen-bond acceptors (Lipinski definition) is 7. The summed E-state index contributed by atoms with van der Waals surface area (Å²) in [4.78, 5) is 4.29. The fourth-order valence-corrected chi connectivity index (χ4v) is 4.48. The van der Waals surface area contributed by atoms with Gasteiger partial charge in [-0.05, 0) is 30.3 Å². The first-order chi connectivity index (χ1) is 17.3. The van der Waals surface area contributed by atoms with Crippen LogP contribution in [0.3, 0.4) is 0 Å². The van der Waals surface area contributed by atoms with E-state index in [0.29, 0.717) is 21.6 Å². The molecule has 0 unspecified atom stereocenters. The highest BCUT2D eigenvalue weighted by Crippen LogP contribution is 2.38. The van der Waals surface area contributed by atoms with Crippen LogP contribution in [0.1, 0.15) is 24.4 Å². The van der Waals surface area contributed by atoms with Crippen LogP contribution in [0.25, 0.3) is 16.9 Å². The van der Waals surface area contributed by atoms with Crippen molar-refractivity contribution < 1.29 is 28.1 Å². The van der Waals surface area contributed by atoms with Gasteiger partial charge in [0.25, 0.3) is 0 Å². The van der Waals surface area contributed by atoms with E-state index in [1.165, 1.54) is 21.9 Å². The molecular formula is C22H17Cl2F3N6O3. The van der Waals surface area contributed by atoms with E-state index in [1.807, 2.05) is 0 Å². The summed E-state index contributed by atoms with van der Waals surface area (Å²) in [6.45, 7) is -0.518. The summed E-state index contributed by atoms with van der Waals surface area (Å²) >= 11 is 12.4. The van der Waals surface area contributed by atoms with Crippen LogP contribution in [0, 0.1) is 17.5 Å². The molecule has 0 aliphatic carbocycles. The molecule has 0 radical (unpaired) electrons. The van der Waals surface area contributed by atoms with E-state index in [9.17, 15) is 23.4 Å². The molecule has 2 aromatic carbocycles. The lowest BCUT2D eigenvalue weighted by atomic mass is 9.95. The molecule has 0 amide bonds. The lowest BCUT2D eigenvalue weighted by Crippen LogP contribution is -2.45. The molecule has 2 N–H and O–H groups in total. The monoisotopic (exact) mass is 540 g/mol. The van der Waals surface area contributed by atoms with Crippen molar-refractivity contribution in [2.75, 3.05) is 6.61 Å². The minimum absolute atomic E-state index is 0.0372. The fourth-order valence-electron chi connectivity index (χ4n) is 4.11. The normalized spacial score (nSPS) is 22.2. The Labute approximate surface area is 211 Å². The molecule has 0 saturated carbocycles. The molecule has 2 aromatic heterocycles. The van der Waals surface area contributed by atoms with Crippen LogP contribution in [0.5, 0.6) is 0 Å². The minimum Gasteiger partial charge on any atom is -0.394 e. The number of rotatable bonds is 5. The third-order valence-electron chi connectivity index (χ3n) is 5.88. The Morgan fingerprint density at radius 3 is 2.58 bits per heavy atom. The second kappa shape index (κ2) is 9.79. The van der Waals surface area contributed by atoms with E-state index in [-0.39, 0.29) is 17.7 Å². The molecule has 36 heavy (non-hydrogen) atoms. The van der Waals surface area contributed by atoms with Crippen LogP contribution in [0.15, 0.2) is 42.9 Å². The molecule has 1 fully saturated rings. The molecule has 1 saturated heterocycles. The van der Waals surface area contributed by atoms with Crippen LogP contribution < -0.4 is 0 Å². The van der Waals surface area contributed by atoms with E-state index in [4.69, 9.17) is 27.9 Å². The number of nitrogens with zero attached hydrogens (tertiary/aromatic N) is 6. The zero-order chi connectivity index (χ0) is 25.6. The number of aliphatic hydroxyl groups is 2. The van der Waals surface area contributed by atoms with Gasteiger partial charge in [-0.25, -0.2) is 27.5 Å². The van der Waals surface area contributed by atoms with Gasteiger partial charge >= 0.3 is 0 Å². The predicted octanol–water partition coefficient (Wildman–Crippen LogP) is 3.67. The van der Waals surface area contributed by atoms with Crippen molar-refractivity contribution in [2.45, 2.75) is 30.8 Å². The topological polar surface area (TPSA) is 111 Å². The third kappa shape index (κ3) is 4.46. The van der Waals surface area contributed by atoms with Gasteiger partial charge < -0.3 is 14.9 Å². The molecule has 4 aromatic rings. The van der Waals surface area contributed by atoms with Crippen molar-refractivity contribution in [3.63, 3.8) is 0 Å². The highest BCUT2D eigenvalue weighted by atomic mass is 35.5. The molecule has 3 heterocycles. The summed E-state index contributed by atoms with van der Waals surface area (Å²) in [7, 11) is 0. The first-order valence-electron chi connectivity index (χ1n) is 10.6. The fraction of sp³-hybridized carbons (Fsp3) is 0.273. The number of halogens is 5. The highest BCUT2D eigenvalue weighted by Gasteiger charge is 2.41. The lowest BCUT2D eigenvalue weighted by Gasteiger charge is -2.38. The molecule has 188 valence electrons. The van der Waals surface area contributed by atoms with Crippen LogP contribution in [0.2, 0.25) is 10.0 Å². The molecule has 4 atom stereocenters. The van der Waals surface area contributed by atoms with Gasteiger partial charge in [-0.1, -0.05) is 28.4 Å². The van der Waals surface area contributed by atoms with Crippen molar-refractivity contribution in [1.82, 2.24) is 29.8 Å². The maximum absolute atomic E-state index is 13.7. The van der Waals surface area contributed by atoms with Crippen molar-refractivity contribution in [2.24, 2.45) is 0 Å². The number of aliphatic hydroxyl groups excluding tert-OH is 2. The first kappa shape index (κ1) is 24.7. The van der Waals surface area contributed by atoms with Gasteiger partial charge in [-0.15, -0.1) is 5.10 Å². The van der Waals surface area contributed by atoms with E-state index in [0.717, 1.165) is 12.1 Å². The van der Waals surface area contributed by atoms with Gasteiger partial charge in [-0.2, -0.15) is 5.10 Å². The van der Waals surface area contributed by atoms with Crippen LogP contribution in [-0.4, -0.2) is 58.8 Å². The van der Waals surface area contributed by atoms with Gasteiger partial charge in [0, 0.05) is 17.0 Å². The van der Waals surface area contributed by atoms with Gasteiger partial charge in [-0.3, -0.25) is 0 Å². The summed E-state index contributed by atoms with van der Waals surface area (Å²) in [6, 6.07) is 5.64. The second-order valence-corrected chi connectivity index (χ2v) is 8.95. The lowest BCUT2D eigenvalue weighted by molar-refractivity contribution is -0.161. The Morgan fingerprint density at radius 2 is 1.86 bits per heavy atom. The van der Waals surface area contributed by atoms with Crippen molar-refractivity contribution in [3.05, 3.63) is 76.2 Å². The molecule has 14 heteroatoms. The van der Waals surface area contributed by atoms with E-state index in [2.05, 4.69) is 20.4 Å². The summed E-state index contributed by atoms with van der Waals surface area (Å²) in [5, 5.41) is 33.6. The smallest absolute Gasteiger partial charge is 0.194 e. The van der Waals surface area contributed by atoms with Gasteiger partial charge in [0.05, 0.1) is 29.6 Å². The summed E-state index contributed by atoms with van der Waals surface area (Å²) < 4.78 is 49.4. The molecule has 9 nitrogen and oxygen atoms in total. The number of benzene rings is 2. The molecule has 5 rings (SSSR count). The van der Waals surface area contributed by atoms with Gasteiger partial charge in [0.2, 0.25) is 0 Å². The minimum atomic E-state index is -1.59. The van der Waals surface area contributed by atoms with E-state index in [1.54, 1.807) is 18.2 Å². The average Bonchev–Trinajstić information content (AvgIpc) is 3.54. The van der Waals surface area contributed by atoms with Crippen LogP contribution in [-0.2, 0) is 4.74 Å². The van der Waals surface area contributed by atoms with Crippen molar-refractivity contribution in [1.29, 1.82) is 0 Å². The zero-order valence-electron chi connectivity index (χ0n) is 18.1.